The Labute approximate surface area is 139 Å². The van der Waals surface area contributed by atoms with E-state index in [1.165, 1.54) is 0 Å². The van der Waals surface area contributed by atoms with Crippen LogP contribution in [0.25, 0.3) is 0 Å². The van der Waals surface area contributed by atoms with Crippen molar-refractivity contribution in [1.29, 1.82) is 0 Å². The molecule has 1 saturated heterocycles. The summed E-state index contributed by atoms with van der Waals surface area (Å²) in [5.41, 5.74) is -0.137. The minimum atomic E-state index is -0.868. The largest absolute Gasteiger partial charge is 0.388 e. The average molecular weight is 343 g/mol. The van der Waals surface area contributed by atoms with E-state index in [-0.39, 0.29) is 12.3 Å². The molecule has 8 heteroatoms. The summed E-state index contributed by atoms with van der Waals surface area (Å²) in [6.07, 6.45) is -1.24. The highest BCUT2D eigenvalue weighted by molar-refractivity contribution is 5.89. The zero-order valence-electron chi connectivity index (χ0n) is 13.8. The van der Waals surface area contributed by atoms with E-state index in [0.717, 1.165) is 25.2 Å². The molecule has 0 unspecified atom stereocenters. The highest BCUT2D eigenvalue weighted by atomic mass is 19.1. The number of rotatable bonds is 6. The van der Waals surface area contributed by atoms with Crippen LogP contribution in [0.15, 0.2) is 18.2 Å². The van der Waals surface area contributed by atoms with Crippen molar-refractivity contribution in [3.05, 3.63) is 29.8 Å². The van der Waals surface area contributed by atoms with E-state index in [1.807, 2.05) is 13.8 Å². The maximum atomic E-state index is 13.5. The Morgan fingerprint density at radius 1 is 1.38 bits per heavy atom. The Balaban J connectivity index is 1.88. The molecule has 24 heavy (non-hydrogen) atoms. The van der Waals surface area contributed by atoms with Crippen LogP contribution in [0.3, 0.4) is 0 Å². The first kappa shape index (κ1) is 18.6. The fourth-order valence-corrected chi connectivity index (χ4v) is 2.63. The summed E-state index contributed by atoms with van der Waals surface area (Å²) in [4.78, 5) is 14.0. The number of nitrogens with zero attached hydrogens (tertiary/aromatic N) is 1. The van der Waals surface area contributed by atoms with Gasteiger partial charge in [-0.05, 0) is 25.2 Å². The molecule has 3 atom stereocenters. The van der Waals surface area contributed by atoms with Crippen molar-refractivity contribution in [1.82, 2.24) is 10.2 Å². The summed E-state index contributed by atoms with van der Waals surface area (Å²) >= 11 is 0. The van der Waals surface area contributed by atoms with Crippen LogP contribution in [0.4, 0.5) is 19.3 Å². The Kier molecular flexibility index (Phi) is 6.47. The molecule has 1 aromatic carbocycles. The molecule has 0 aromatic heterocycles. The van der Waals surface area contributed by atoms with E-state index >= 15 is 0 Å². The van der Waals surface area contributed by atoms with Crippen molar-refractivity contribution < 1.29 is 23.4 Å². The van der Waals surface area contributed by atoms with Crippen molar-refractivity contribution in [3.63, 3.8) is 0 Å². The number of urea groups is 1. The monoisotopic (exact) mass is 343 g/mol. The van der Waals surface area contributed by atoms with Crippen LogP contribution in [-0.2, 0) is 4.74 Å². The van der Waals surface area contributed by atoms with Crippen molar-refractivity contribution >= 4 is 11.7 Å². The first-order valence-electron chi connectivity index (χ1n) is 7.99. The SMILES string of the molecule is CCN(CC)C[C@@H]1OC[C@H](NC(=O)Nc2ccc(F)cc2F)[C@H]1O. The minimum Gasteiger partial charge on any atom is -0.388 e. The third kappa shape index (κ3) is 4.62. The molecule has 2 rings (SSSR count). The van der Waals surface area contributed by atoms with Crippen molar-refractivity contribution in [2.75, 3.05) is 31.6 Å². The summed E-state index contributed by atoms with van der Waals surface area (Å²) in [5, 5.41) is 15.1. The van der Waals surface area contributed by atoms with Gasteiger partial charge in [-0.1, -0.05) is 13.8 Å². The van der Waals surface area contributed by atoms with Crippen LogP contribution in [0, 0.1) is 11.6 Å². The number of nitrogens with one attached hydrogen (secondary N) is 2. The second-order valence-corrected chi connectivity index (χ2v) is 5.68. The zero-order chi connectivity index (χ0) is 17.7. The molecule has 2 amide bonds. The van der Waals surface area contributed by atoms with Gasteiger partial charge in [0, 0.05) is 12.6 Å². The normalized spacial score (nSPS) is 23.5. The van der Waals surface area contributed by atoms with Gasteiger partial charge >= 0.3 is 6.03 Å². The van der Waals surface area contributed by atoms with Gasteiger partial charge in [-0.25, -0.2) is 13.6 Å². The van der Waals surface area contributed by atoms with Gasteiger partial charge < -0.3 is 25.4 Å². The second-order valence-electron chi connectivity index (χ2n) is 5.68. The standard InChI is InChI=1S/C16H23F2N3O3/c1-3-21(4-2)8-14-15(22)13(9-24-14)20-16(23)19-12-6-5-10(17)7-11(12)18/h5-7,13-15,22H,3-4,8-9H2,1-2H3,(H2,19,20,23)/t13-,14-,15+/m0/s1. The minimum absolute atomic E-state index is 0.137. The van der Waals surface area contributed by atoms with Crippen LogP contribution >= 0.6 is 0 Å². The predicted octanol–water partition coefficient (Wildman–Crippen LogP) is 1.56. The summed E-state index contributed by atoms with van der Waals surface area (Å²) in [5.74, 6) is -1.59. The summed E-state index contributed by atoms with van der Waals surface area (Å²) in [6, 6.07) is 1.59. The van der Waals surface area contributed by atoms with Gasteiger partial charge in [0.15, 0.2) is 0 Å². The number of ether oxygens (including phenoxy) is 1. The summed E-state index contributed by atoms with van der Waals surface area (Å²) in [6.45, 7) is 6.46. The molecule has 134 valence electrons. The number of halogens is 2. The Hall–Kier alpha value is -1.77. The lowest BCUT2D eigenvalue weighted by atomic mass is 10.1. The molecule has 1 aliphatic heterocycles. The van der Waals surface area contributed by atoms with Crippen LogP contribution < -0.4 is 10.6 Å². The molecule has 0 spiro atoms. The first-order valence-corrected chi connectivity index (χ1v) is 7.99. The third-order valence-electron chi connectivity index (χ3n) is 4.11. The quantitative estimate of drug-likeness (QED) is 0.733. The van der Waals surface area contributed by atoms with Crippen LogP contribution in [0.1, 0.15) is 13.8 Å². The van der Waals surface area contributed by atoms with Gasteiger partial charge in [0.25, 0.3) is 0 Å². The number of aliphatic hydroxyl groups excluding tert-OH is 1. The molecule has 1 aromatic rings. The second kappa shape index (κ2) is 8.36. The van der Waals surface area contributed by atoms with Gasteiger partial charge in [-0.2, -0.15) is 0 Å². The van der Waals surface area contributed by atoms with Gasteiger partial charge in [0.1, 0.15) is 17.7 Å². The van der Waals surface area contributed by atoms with Crippen molar-refractivity contribution in [2.24, 2.45) is 0 Å². The number of carbonyl (C=O) groups excluding carboxylic acids is 1. The highest BCUT2D eigenvalue weighted by Gasteiger charge is 2.37. The molecule has 3 N–H and O–H groups in total. The molecule has 1 aliphatic rings. The molecule has 1 heterocycles. The number of anilines is 1. The van der Waals surface area contributed by atoms with Crippen LogP contribution in [-0.4, -0.2) is 60.5 Å². The van der Waals surface area contributed by atoms with E-state index < -0.39 is 35.9 Å². The molecule has 0 saturated carbocycles. The fraction of sp³-hybridized carbons (Fsp3) is 0.562. The highest BCUT2D eigenvalue weighted by Crippen LogP contribution is 2.17. The van der Waals surface area contributed by atoms with Gasteiger partial charge in [0.2, 0.25) is 0 Å². The van der Waals surface area contributed by atoms with E-state index in [9.17, 15) is 18.7 Å². The molecule has 6 nitrogen and oxygen atoms in total. The molecular weight excluding hydrogens is 320 g/mol. The number of hydrogen-bond donors (Lipinski definition) is 3. The lowest BCUT2D eigenvalue weighted by Crippen LogP contribution is -2.48. The lowest BCUT2D eigenvalue weighted by molar-refractivity contribution is 0.0173. The number of amides is 2. The van der Waals surface area contributed by atoms with Gasteiger partial charge in [-0.15, -0.1) is 0 Å². The molecule has 0 bridgehead atoms. The van der Waals surface area contributed by atoms with Gasteiger partial charge in [-0.3, -0.25) is 0 Å². The molecule has 0 radical (unpaired) electrons. The first-order chi connectivity index (χ1) is 11.4. The number of benzene rings is 1. The van der Waals surface area contributed by atoms with Crippen molar-refractivity contribution in [2.45, 2.75) is 32.1 Å². The average Bonchev–Trinajstić information content (AvgIpc) is 2.88. The topological polar surface area (TPSA) is 73.8 Å². The summed E-state index contributed by atoms with van der Waals surface area (Å²) in [7, 11) is 0. The lowest BCUT2D eigenvalue weighted by Gasteiger charge is -2.24. The smallest absolute Gasteiger partial charge is 0.319 e. The van der Waals surface area contributed by atoms with E-state index in [2.05, 4.69) is 15.5 Å². The Bertz CT molecular complexity index is 569. The predicted molar refractivity (Wildman–Crippen MR) is 85.8 cm³/mol. The Morgan fingerprint density at radius 2 is 2.08 bits per heavy atom. The fourth-order valence-electron chi connectivity index (χ4n) is 2.63. The maximum Gasteiger partial charge on any atom is 0.319 e. The van der Waals surface area contributed by atoms with E-state index in [0.29, 0.717) is 12.6 Å². The molecular formula is C16H23F2N3O3. The number of hydrogen-bond acceptors (Lipinski definition) is 4. The van der Waals surface area contributed by atoms with Crippen LogP contribution in [0.5, 0.6) is 0 Å². The third-order valence-corrected chi connectivity index (χ3v) is 4.11. The maximum absolute atomic E-state index is 13.5. The number of carbonyl (C=O) groups is 1. The number of likely N-dealkylation sites (N-methyl/N-ethyl adjacent to an activating group) is 1. The van der Waals surface area contributed by atoms with Gasteiger partial charge in [0.05, 0.1) is 24.4 Å². The zero-order valence-corrected chi connectivity index (χ0v) is 13.8. The summed E-state index contributed by atoms with van der Waals surface area (Å²) < 4.78 is 31.9. The molecule has 0 aliphatic carbocycles. The van der Waals surface area contributed by atoms with Crippen LogP contribution in [0.2, 0.25) is 0 Å². The van der Waals surface area contributed by atoms with E-state index in [4.69, 9.17) is 4.74 Å². The Morgan fingerprint density at radius 3 is 2.71 bits per heavy atom. The molecule has 1 fully saturated rings. The number of aliphatic hydroxyl groups is 1. The van der Waals surface area contributed by atoms with E-state index in [1.54, 1.807) is 0 Å². The van der Waals surface area contributed by atoms with Crippen molar-refractivity contribution in [3.8, 4) is 0 Å².